The zero-order chi connectivity index (χ0) is 29.1. The van der Waals surface area contributed by atoms with E-state index in [0.717, 1.165) is 31.2 Å². The second-order valence-electron chi connectivity index (χ2n) is 11.5. The second kappa shape index (κ2) is 15.4. The van der Waals surface area contributed by atoms with Crippen molar-refractivity contribution in [1.82, 2.24) is 15.5 Å². The van der Waals surface area contributed by atoms with Gasteiger partial charge in [-0.1, -0.05) is 43.7 Å². The Balaban J connectivity index is 1.90. The van der Waals surface area contributed by atoms with Crippen LogP contribution in [-0.4, -0.2) is 62.5 Å². The molecule has 0 aliphatic carbocycles. The second-order valence-corrected chi connectivity index (χ2v) is 11.5. The Morgan fingerprint density at radius 1 is 1.20 bits per heavy atom. The highest BCUT2D eigenvalue weighted by Crippen LogP contribution is 2.45. The number of likely N-dealkylation sites (N-methyl/N-ethyl adjacent to an activating group) is 1. The van der Waals surface area contributed by atoms with Crippen molar-refractivity contribution in [3.05, 3.63) is 59.4 Å². The molecule has 2 aromatic rings. The number of hydrogen-bond donors (Lipinski definition) is 3. The van der Waals surface area contributed by atoms with Gasteiger partial charge in [-0.15, -0.1) is 0 Å². The Bertz CT molecular complexity index is 1060. The van der Waals surface area contributed by atoms with E-state index in [9.17, 15) is 9.90 Å². The minimum Gasteiger partial charge on any atom is -0.454 e. The van der Waals surface area contributed by atoms with Crippen LogP contribution in [0.3, 0.4) is 0 Å². The molecule has 1 aliphatic heterocycles. The molecule has 3 rings (SSSR count). The SMILES string of the molecule is CNCC(CC(C)C)NC(=O)N1CCC[C@@H]([C@@](O)(CCCCOC)c2cccc(F)c2Oc2ccc(C)cc2)C1. The fraction of sp³-hybridized carbons (Fsp3) is 0.594. The molecule has 0 spiro atoms. The van der Waals surface area contributed by atoms with Crippen LogP contribution in [0.2, 0.25) is 0 Å². The smallest absolute Gasteiger partial charge is 0.317 e. The first-order chi connectivity index (χ1) is 19.2. The van der Waals surface area contributed by atoms with Crippen LogP contribution in [-0.2, 0) is 10.3 Å². The molecule has 7 nitrogen and oxygen atoms in total. The number of aliphatic hydroxyl groups is 1. The van der Waals surface area contributed by atoms with Crippen LogP contribution < -0.4 is 15.4 Å². The van der Waals surface area contributed by atoms with Crippen LogP contribution in [0.5, 0.6) is 11.5 Å². The van der Waals surface area contributed by atoms with Crippen LogP contribution in [0.4, 0.5) is 9.18 Å². The largest absolute Gasteiger partial charge is 0.454 e. The van der Waals surface area contributed by atoms with E-state index in [2.05, 4.69) is 24.5 Å². The van der Waals surface area contributed by atoms with Crippen LogP contribution >= 0.6 is 0 Å². The van der Waals surface area contributed by atoms with Gasteiger partial charge in [0.2, 0.25) is 0 Å². The summed E-state index contributed by atoms with van der Waals surface area (Å²) in [7, 11) is 3.54. The number of likely N-dealkylation sites (tertiary alicyclic amines) is 1. The minimum atomic E-state index is -1.39. The van der Waals surface area contributed by atoms with E-state index in [0.29, 0.717) is 56.3 Å². The molecular formula is C32H48FN3O4. The molecule has 8 heteroatoms. The number of carbonyl (C=O) groups is 1. The quantitative estimate of drug-likeness (QED) is 0.249. The van der Waals surface area contributed by atoms with E-state index in [1.54, 1.807) is 36.3 Å². The zero-order valence-electron chi connectivity index (χ0n) is 24.8. The number of methoxy groups -OCH3 is 1. The summed E-state index contributed by atoms with van der Waals surface area (Å²) in [5.74, 6) is 0.175. The summed E-state index contributed by atoms with van der Waals surface area (Å²) in [6.07, 6.45) is 4.20. The number of unbranched alkanes of at least 4 members (excludes halogenated alkanes) is 1. The van der Waals surface area contributed by atoms with Crippen molar-refractivity contribution < 1.29 is 23.8 Å². The number of carbonyl (C=O) groups excluding carboxylic acids is 1. The molecular weight excluding hydrogens is 509 g/mol. The Morgan fingerprint density at radius 2 is 1.95 bits per heavy atom. The summed E-state index contributed by atoms with van der Waals surface area (Å²) in [5.41, 5.74) is 0.101. The van der Waals surface area contributed by atoms with Crippen molar-refractivity contribution >= 4 is 6.03 Å². The van der Waals surface area contributed by atoms with Gasteiger partial charge >= 0.3 is 6.03 Å². The maximum absolute atomic E-state index is 15.3. The van der Waals surface area contributed by atoms with Crippen molar-refractivity contribution in [3.8, 4) is 11.5 Å². The van der Waals surface area contributed by atoms with Gasteiger partial charge in [0.25, 0.3) is 0 Å². The molecule has 3 atom stereocenters. The lowest BCUT2D eigenvalue weighted by atomic mass is 9.73. The number of nitrogens with zero attached hydrogens (tertiary/aromatic N) is 1. The summed E-state index contributed by atoms with van der Waals surface area (Å²) in [6, 6.07) is 12.0. The summed E-state index contributed by atoms with van der Waals surface area (Å²) in [6.45, 7) is 8.52. The number of benzene rings is 2. The number of halogens is 1. The molecule has 2 amide bonds. The number of rotatable bonds is 14. The fourth-order valence-corrected chi connectivity index (χ4v) is 5.70. The monoisotopic (exact) mass is 557 g/mol. The molecule has 1 heterocycles. The van der Waals surface area contributed by atoms with Gasteiger partial charge in [0.1, 0.15) is 5.75 Å². The molecule has 1 unspecified atom stereocenters. The molecule has 0 saturated carbocycles. The van der Waals surface area contributed by atoms with E-state index in [1.807, 2.05) is 26.1 Å². The lowest BCUT2D eigenvalue weighted by Gasteiger charge is -2.43. The third-order valence-electron chi connectivity index (χ3n) is 7.75. The number of hydrogen-bond acceptors (Lipinski definition) is 5. The maximum Gasteiger partial charge on any atom is 0.317 e. The molecule has 1 fully saturated rings. The van der Waals surface area contributed by atoms with Crippen LogP contribution in [0.15, 0.2) is 42.5 Å². The molecule has 1 aliphatic rings. The third-order valence-corrected chi connectivity index (χ3v) is 7.75. The maximum atomic E-state index is 15.3. The Labute approximate surface area is 239 Å². The predicted molar refractivity (Wildman–Crippen MR) is 157 cm³/mol. The van der Waals surface area contributed by atoms with Crippen LogP contribution in [0.1, 0.15) is 63.5 Å². The first-order valence-electron chi connectivity index (χ1n) is 14.6. The molecule has 222 valence electrons. The van der Waals surface area contributed by atoms with Gasteiger partial charge in [-0.3, -0.25) is 0 Å². The highest BCUT2D eigenvalue weighted by molar-refractivity contribution is 5.74. The highest BCUT2D eigenvalue weighted by atomic mass is 19.1. The van der Waals surface area contributed by atoms with Gasteiger partial charge in [-0.2, -0.15) is 0 Å². The number of urea groups is 1. The van der Waals surface area contributed by atoms with Crippen molar-refractivity contribution in [1.29, 1.82) is 0 Å². The standard InChI is InChI=1S/C32H48FN3O4/c1-23(2)20-26(21-34-4)35-31(37)36-18-9-10-25(22-36)32(38,17-6-7-19-39-5)28-11-8-12-29(33)30(28)40-27-15-13-24(3)14-16-27/h8,11-16,23,25-26,34,38H,6-7,9-10,17-22H2,1-5H3,(H,35,37)/t25-,26?,32+/m1/s1. The summed E-state index contributed by atoms with van der Waals surface area (Å²) < 4.78 is 26.7. The van der Waals surface area contributed by atoms with Gasteiger partial charge in [-0.05, 0) is 76.6 Å². The highest BCUT2D eigenvalue weighted by Gasteiger charge is 2.43. The van der Waals surface area contributed by atoms with E-state index in [-0.39, 0.29) is 23.7 Å². The normalized spacial score (nSPS) is 17.9. The number of nitrogens with one attached hydrogen (secondary N) is 2. The van der Waals surface area contributed by atoms with E-state index < -0.39 is 11.4 Å². The Morgan fingerprint density at radius 3 is 2.62 bits per heavy atom. The van der Waals surface area contributed by atoms with Gasteiger partial charge in [0.15, 0.2) is 11.6 Å². The lowest BCUT2D eigenvalue weighted by molar-refractivity contribution is -0.0577. The summed E-state index contributed by atoms with van der Waals surface area (Å²) in [4.78, 5) is 15.2. The molecule has 0 radical (unpaired) electrons. The minimum absolute atomic E-state index is 0.0172. The molecule has 1 saturated heterocycles. The average molecular weight is 558 g/mol. The van der Waals surface area contributed by atoms with Gasteiger partial charge < -0.3 is 30.1 Å². The topological polar surface area (TPSA) is 83.1 Å². The van der Waals surface area contributed by atoms with Crippen molar-refractivity contribution in [2.45, 2.75) is 70.9 Å². The van der Waals surface area contributed by atoms with Crippen LogP contribution in [0.25, 0.3) is 0 Å². The molecule has 40 heavy (non-hydrogen) atoms. The van der Waals surface area contributed by atoms with Crippen molar-refractivity contribution in [3.63, 3.8) is 0 Å². The average Bonchev–Trinajstić information content (AvgIpc) is 2.93. The Hall–Kier alpha value is -2.68. The summed E-state index contributed by atoms with van der Waals surface area (Å²) >= 11 is 0. The van der Waals surface area contributed by atoms with E-state index in [4.69, 9.17) is 9.47 Å². The summed E-state index contributed by atoms with van der Waals surface area (Å²) in [5, 5.41) is 18.8. The first kappa shape index (κ1) is 31.8. The van der Waals surface area contributed by atoms with E-state index in [1.165, 1.54) is 6.07 Å². The zero-order valence-corrected chi connectivity index (χ0v) is 24.8. The molecule has 2 aromatic carbocycles. The molecule has 3 N–H and O–H groups in total. The lowest BCUT2D eigenvalue weighted by Crippen LogP contribution is -2.54. The number of ether oxygens (including phenoxy) is 2. The molecule has 0 bridgehead atoms. The van der Waals surface area contributed by atoms with Crippen molar-refractivity contribution in [2.24, 2.45) is 11.8 Å². The van der Waals surface area contributed by atoms with Gasteiger partial charge in [0, 0.05) is 50.9 Å². The number of para-hydroxylation sites is 1. The van der Waals surface area contributed by atoms with Gasteiger partial charge in [0.05, 0.1) is 5.60 Å². The number of amides is 2. The Kier molecular flexibility index (Phi) is 12.2. The van der Waals surface area contributed by atoms with E-state index >= 15 is 4.39 Å². The number of piperidine rings is 1. The molecule has 0 aromatic heterocycles. The van der Waals surface area contributed by atoms with Crippen LogP contribution in [0, 0.1) is 24.6 Å². The predicted octanol–water partition coefficient (Wildman–Crippen LogP) is 5.99. The third kappa shape index (κ3) is 8.66. The number of aryl methyl sites for hydroxylation is 1. The van der Waals surface area contributed by atoms with Crippen molar-refractivity contribution in [2.75, 3.05) is 40.4 Å². The fourth-order valence-electron chi connectivity index (χ4n) is 5.70. The first-order valence-corrected chi connectivity index (χ1v) is 14.6. The van der Waals surface area contributed by atoms with Gasteiger partial charge in [-0.25, -0.2) is 9.18 Å².